The molecule has 0 aliphatic carbocycles. The molecule has 4 N–H and O–H groups in total. The van der Waals surface area contributed by atoms with Crippen LogP contribution >= 0.6 is 0 Å². The van der Waals surface area contributed by atoms with Gasteiger partial charge in [-0.25, -0.2) is 0 Å². The molecule has 0 aromatic heterocycles. The molecule has 5 nitrogen and oxygen atoms in total. The fraction of sp³-hybridized carbons (Fsp3) is 0.912. The molecule has 3 atom stereocenters. The Morgan fingerprint density at radius 3 is 0.935 bits per heavy atom. The van der Waals surface area contributed by atoms with Gasteiger partial charge in [0.15, 0.2) is 0 Å². The highest BCUT2D eigenvalue weighted by atomic mass is 16.3. The van der Waals surface area contributed by atoms with Gasteiger partial charge in [-0.15, -0.1) is 0 Å². The summed E-state index contributed by atoms with van der Waals surface area (Å²) in [6.07, 6.45) is 66.8. The maximum absolute atomic E-state index is 12.6. The summed E-state index contributed by atoms with van der Waals surface area (Å²) in [6.45, 7) is 4.22. The lowest BCUT2D eigenvalue weighted by molar-refractivity contribution is -0.131. The molecule has 3 unspecified atom stereocenters. The smallest absolute Gasteiger partial charge is 0.249 e. The van der Waals surface area contributed by atoms with E-state index in [2.05, 4.69) is 31.3 Å². The molecule has 0 fully saturated rings. The summed E-state index contributed by atoms with van der Waals surface area (Å²) < 4.78 is 0. The van der Waals surface area contributed by atoms with Crippen LogP contribution < -0.4 is 5.32 Å². The number of hydrogen-bond donors (Lipinski definition) is 4. The average Bonchev–Trinajstić information content (AvgIpc) is 3.28. The second kappa shape index (κ2) is 52.5. The van der Waals surface area contributed by atoms with Crippen molar-refractivity contribution in [1.29, 1.82) is 0 Å². The molecule has 62 heavy (non-hydrogen) atoms. The van der Waals surface area contributed by atoms with E-state index in [1.807, 2.05) is 6.08 Å². The third kappa shape index (κ3) is 46.8. The standard InChI is InChI=1S/C57H111NO4/c1-3-5-7-9-11-13-15-17-19-21-23-25-27-28-30-32-34-36-38-40-42-44-46-48-50-52-56(61)57(62)58-54(53-59)55(60)51-49-47-45-43-41-39-37-35-33-31-29-26-24-22-20-18-16-14-12-10-8-6-4-2/h28,30,49,51,54-56,59-61H,3-27,29,31-48,50,52-53H2,1-2H3,(H,58,62)/b30-28-,51-49+. The summed E-state index contributed by atoms with van der Waals surface area (Å²) in [5, 5.41) is 33.4. The lowest BCUT2D eigenvalue weighted by atomic mass is 10.0. The van der Waals surface area contributed by atoms with Gasteiger partial charge < -0.3 is 20.6 Å². The minimum atomic E-state index is -1.10. The minimum absolute atomic E-state index is 0.362. The molecule has 0 heterocycles. The number of rotatable bonds is 52. The highest BCUT2D eigenvalue weighted by Crippen LogP contribution is 2.17. The number of carbonyl (C=O) groups excluding carboxylic acids is 1. The zero-order valence-corrected chi connectivity index (χ0v) is 42.0. The van der Waals surface area contributed by atoms with E-state index in [9.17, 15) is 20.1 Å². The molecule has 0 rings (SSSR count). The first-order chi connectivity index (χ1) is 30.6. The number of aliphatic hydroxyl groups is 3. The van der Waals surface area contributed by atoms with Crippen molar-refractivity contribution in [3.05, 3.63) is 24.3 Å². The third-order valence-electron chi connectivity index (χ3n) is 13.3. The second-order valence-electron chi connectivity index (χ2n) is 19.5. The van der Waals surface area contributed by atoms with Crippen molar-refractivity contribution in [2.24, 2.45) is 0 Å². The number of nitrogens with one attached hydrogen (secondary N) is 1. The van der Waals surface area contributed by atoms with Crippen LogP contribution in [0.2, 0.25) is 0 Å². The minimum Gasteiger partial charge on any atom is -0.394 e. The van der Waals surface area contributed by atoms with Gasteiger partial charge in [-0.1, -0.05) is 289 Å². The monoisotopic (exact) mass is 874 g/mol. The van der Waals surface area contributed by atoms with E-state index in [-0.39, 0.29) is 6.61 Å². The van der Waals surface area contributed by atoms with Crippen LogP contribution in [0.15, 0.2) is 24.3 Å². The first-order valence-corrected chi connectivity index (χ1v) is 28.2. The average molecular weight is 875 g/mol. The maximum Gasteiger partial charge on any atom is 0.249 e. The molecule has 0 spiro atoms. The summed E-state index contributed by atoms with van der Waals surface area (Å²) in [5.74, 6) is -0.500. The van der Waals surface area contributed by atoms with Crippen LogP contribution in [0.5, 0.6) is 0 Å². The van der Waals surface area contributed by atoms with Gasteiger partial charge in [0.1, 0.15) is 6.10 Å². The Hall–Kier alpha value is -1.17. The van der Waals surface area contributed by atoms with Crippen LogP contribution in [0.25, 0.3) is 0 Å². The fourth-order valence-electron chi connectivity index (χ4n) is 8.89. The van der Waals surface area contributed by atoms with E-state index in [4.69, 9.17) is 0 Å². The van der Waals surface area contributed by atoms with Crippen molar-refractivity contribution in [3.63, 3.8) is 0 Å². The van der Waals surface area contributed by atoms with Gasteiger partial charge in [-0.3, -0.25) is 4.79 Å². The SMILES string of the molecule is CCCCCCCCCCCCCC/C=C\CCCCCCCCCCCC(O)C(=O)NC(CO)C(O)/C=C/CCCCCCCCCCCCCCCCCCCCCCC. The van der Waals surface area contributed by atoms with Crippen molar-refractivity contribution in [2.75, 3.05) is 6.61 Å². The predicted octanol–water partition coefficient (Wildman–Crippen LogP) is 17.3. The molecular weight excluding hydrogens is 763 g/mol. The maximum atomic E-state index is 12.6. The zero-order chi connectivity index (χ0) is 45.1. The number of hydrogen-bond acceptors (Lipinski definition) is 4. The lowest BCUT2D eigenvalue weighted by Crippen LogP contribution is -2.48. The van der Waals surface area contributed by atoms with Gasteiger partial charge in [0.2, 0.25) is 5.91 Å². The van der Waals surface area contributed by atoms with Crippen LogP contribution in [0.3, 0.4) is 0 Å². The van der Waals surface area contributed by atoms with Gasteiger partial charge in [0.05, 0.1) is 18.8 Å². The fourth-order valence-corrected chi connectivity index (χ4v) is 8.89. The van der Waals surface area contributed by atoms with Crippen LogP contribution in [-0.2, 0) is 4.79 Å². The normalized spacial score (nSPS) is 13.4. The molecule has 0 saturated carbocycles. The van der Waals surface area contributed by atoms with Crippen LogP contribution in [-0.4, -0.2) is 46.1 Å². The van der Waals surface area contributed by atoms with Crippen molar-refractivity contribution in [1.82, 2.24) is 5.32 Å². The van der Waals surface area contributed by atoms with Crippen molar-refractivity contribution in [3.8, 4) is 0 Å². The summed E-state index contributed by atoms with van der Waals surface area (Å²) in [4.78, 5) is 12.6. The van der Waals surface area contributed by atoms with Crippen LogP contribution in [0, 0.1) is 0 Å². The number of amides is 1. The second-order valence-corrected chi connectivity index (χ2v) is 19.5. The van der Waals surface area contributed by atoms with Crippen LogP contribution in [0.4, 0.5) is 0 Å². The first kappa shape index (κ1) is 60.8. The van der Waals surface area contributed by atoms with E-state index in [0.717, 1.165) is 32.1 Å². The summed E-state index contributed by atoms with van der Waals surface area (Å²) in [5.41, 5.74) is 0. The summed E-state index contributed by atoms with van der Waals surface area (Å²) in [7, 11) is 0. The molecule has 0 saturated heterocycles. The molecule has 0 aromatic rings. The van der Waals surface area contributed by atoms with Gasteiger partial charge in [0.25, 0.3) is 0 Å². The molecule has 368 valence electrons. The predicted molar refractivity (Wildman–Crippen MR) is 273 cm³/mol. The van der Waals surface area contributed by atoms with E-state index >= 15 is 0 Å². The molecule has 0 aromatic carbocycles. The van der Waals surface area contributed by atoms with E-state index in [1.165, 1.54) is 257 Å². The quantitative estimate of drug-likeness (QED) is 0.0362. The Balaban J connectivity index is 3.57. The summed E-state index contributed by atoms with van der Waals surface area (Å²) >= 11 is 0. The number of carbonyl (C=O) groups is 1. The van der Waals surface area contributed by atoms with Gasteiger partial charge >= 0.3 is 0 Å². The topological polar surface area (TPSA) is 89.8 Å². The largest absolute Gasteiger partial charge is 0.394 e. The van der Waals surface area contributed by atoms with Gasteiger partial charge in [-0.05, 0) is 44.9 Å². The van der Waals surface area contributed by atoms with E-state index in [0.29, 0.717) is 6.42 Å². The van der Waals surface area contributed by atoms with E-state index in [1.54, 1.807) is 6.08 Å². The molecule has 0 radical (unpaired) electrons. The number of aliphatic hydroxyl groups excluding tert-OH is 3. The molecule has 1 amide bonds. The zero-order valence-electron chi connectivity index (χ0n) is 42.0. The number of allylic oxidation sites excluding steroid dienone is 3. The lowest BCUT2D eigenvalue weighted by Gasteiger charge is -2.21. The highest BCUT2D eigenvalue weighted by molar-refractivity contribution is 5.80. The molecular formula is C57H111NO4. The van der Waals surface area contributed by atoms with E-state index < -0.39 is 24.2 Å². The molecule has 0 bridgehead atoms. The van der Waals surface area contributed by atoms with Gasteiger partial charge in [0, 0.05) is 0 Å². The van der Waals surface area contributed by atoms with Crippen LogP contribution in [0.1, 0.15) is 309 Å². The Bertz CT molecular complexity index is 920. The Kier molecular flexibility index (Phi) is 51.5. The Morgan fingerprint density at radius 1 is 0.387 bits per heavy atom. The highest BCUT2D eigenvalue weighted by Gasteiger charge is 2.22. The van der Waals surface area contributed by atoms with Gasteiger partial charge in [-0.2, -0.15) is 0 Å². The molecule has 5 heteroatoms. The number of unbranched alkanes of at least 4 members (excludes halogenated alkanes) is 42. The Morgan fingerprint density at radius 2 is 0.645 bits per heavy atom. The van der Waals surface area contributed by atoms with Crippen molar-refractivity contribution < 1.29 is 20.1 Å². The van der Waals surface area contributed by atoms with Crippen molar-refractivity contribution >= 4 is 5.91 Å². The molecule has 0 aliphatic rings. The Labute approximate surface area is 388 Å². The first-order valence-electron chi connectivity index (χ1n) is 28.2. The summed E-state index contributed by atoms with van der Waals surface area (Å²) in [6, 6.07) is -0.798. The van der Waals surface area contributed by atoms with Crippen molar-refractivity contribution in [2.45, 2.75) is 327 Å². The third-order valence-corrected chi connectivity index (χ3v) is 13.3. The molecule has 0 aliphatic heterocycles.